The molecule has 0 bridgehead atoms. The van der Waals surface area contributed by atoms with Gasteiger partial charge in [0, 0.05) is 11.1 Å². The maximum Gasteiger partial charge on any atom is 0.251 e. The number of aryl methyl sites for hydroxylation is 1. The third-order valence-corrected chi connectivity index (χ3v) is 4.96. The molecule has 5 nitrogen and oxygen atoms in total. The topological polar surface area (TPSA) is 53.9 Å². The molecule has 26 heavy (non-hydrogen) atoms. The average Bonchev–Trinajstić information content (AvgIpc) is 2.69. The van der Waals surface area contributed by atoms with Crippen molar-refractivity contribution >= 4 is 11.8 Å². The van der Waals surface area contributed by atoms with E-state index in [1.807, 2.05) is 23.1 Å². The zero-order valence-corrected chi connectivity index (χ0v) is 15.2. The lowest BCUT2D eigenvalue weighted by Crippen LogP contribution is -3.13. The molecule has 1 aliphatic heterocycles. The van der Waals surface area contributed by atoms with Crippen LogP contribution >= 0.6 is 0 Å². The van der Waals surface area contributed by atoms with Crippen molar-refractivity contribution in [3.05, 3.63) is 71.3 Å². The van der Waals surface area contributed by atoms with Crippen LogP contribution in [0.25, 0.3) is 0 Å². The Hall–Kier alpha value is -2.66. The second kappa shape index (κ2) is 8.63. The third-order valence-electron chi connectivity index (χ3n) is 4.96. The number of carbonyl (C=O) groups is 2. The van der Waals surface area contributed by atoms with Gasteiger partial charge in [0.2, 0.25) is 5.91 Å². The highest BCUT2D eigenvalue weighted by Gasteiger charge is 2.24. The third kappa shape index (κ3) is 4.70. The minimum Gasteiger partial charge on any atom is -0.343 e. The smallest absolute Gasteiger partial charge is 0.251 e. The van der Waals surface area contributed by atoms with Crippen LogP contribution in [-0.2, 0) is 11.3 Å². The monoisotopic (exact) mass is 352 g/mol. The van der Waals surface area contributed by atoms with Crippen LogP contribution in [0.15, 0.2) is 54.6 Å². The van der Waals surface area contributed by atoms with Crippen LogP contribution in [0.4, 0.5) is 0 Å². The zero-order valence-electron chi connectivity index (χ0n) is 15.2. The van der Waals surface area contributed by atoms with Crippen molar-refractivity contribution in [1.82, 2.24) is 10.2 Å². The Morgan fingerprint density at radius 3 is 2.35 bits per heavy atom. The van der Waals surface area contributed by atoms with E-state index in [2.05, 4.69) is 36.5 Å². The largest absolute Gasteiger partial charge is 0.343 e. The number of nitrogens with zero attached hydrogens (tertiary/aromatic N) is 1. The minimum atomic E-state index is -0.206. The first kappa shape index (κ1) is 18.1. The predicted molar refractivity (Wildman–Crippen MR) is 101 cm³/mol. The van der Waals surface area contributed by atoms with Gasteiger partial charge in [-0.15, -0.1) is 0 Å². The molecular weight excluding hydrogens is 326 g/mol. The van der Waals surface area contributed by atoms with Gasteiger partial charge in [0.25, 0.3) is 5.91 Å². The predicted octanol–water partition coefficient (Wildman–Crippen LogP) is 0.652. The van der Waals surface area contributed by atoms with E-state index in [4.69, 9.17) is 0 Å². The number of amides is 2. The summed E-state index contributed by atoms with van der Waals surface area (Å²) in [5.74, 6) is -0.216. The molecule has 1 fully saturated rings. The summed E-state index contributed by atoms with van der Waals surface area (Å²) < 4.78 is 0. The molecular formula is C21H26N3O2+. The van der Waals surface area contributed by atoms with Crippen LogP contribution in [0.5, 0.6) is 0 Å². The van der Waals surface area contributed by atoms with E-state index in [-0.39, 0.29) is 18.4 Å². The number of rotatable bonds is 5. The number of benzene rings is 2. The Morgan fingerprint density at radius 2 is 1.65 bits per heavy atom. The van der Waals surface area contributed by atoms with Crippen molar-refractivity contribution in [3.8, 4) is 0 Å². The van der Waals surface area contributed by atoms with Gasteiger partial charge in [-0.3, -0.25) is 9.59 Å². The van der Waals surface area contributed by atoms with Crippen LogP contribution in [-0.4, -0.2) is 49.4 Å². The van der Waals surface area contributed by atoms with E-state index in [0.717, 1.165) is 32.7 Å². The molecule has 0 radical (unpaired) electrons. The molecule has 1 saturated heterocycles. The van der Waals surface area contributed by atoms with E-state index in [9.17, 15) is 9.59 Å². The second-order valence-electron chi connectivity index (χ2n) is 6.78. The molecule has 0 unspecified atom stereocenters. The van der Waals surface area contributed by atoms with Crippen LogP contribution in [0.2, 0.25) is 0 Å². The standard InChI is InChI=1S/C21H25N3O2/c1-17-7-5-6-10-19(17)16-23-11-13-24(14-12-23)20(25)15-22-21(26)18-8-3-2-4-9-18/h2-10H,11-16H2,1H3,(H,22,26)/p+1. The van der Waals surface area contributed by atoms with Gasteiger partial charge in [-0.2, -0.15) is 0 Å². The summed E-state index contributed by atoms with van der Waals surface area (Å²) in [4.78, 5) is 27.7. The summed E-state index contributed by atoms with van der Waals surface area (Å²) in [6.45, 7) is 6.55. The average molecular weight is 352 g/mol. The Kier molecular flexibility index (Phi) is 6.02. The summed E-state index contributed by atoms with van der Waals surface area (Å²) in [7, 11) is 0. The van der Waals surface area contributed by atoms with Crippen molar-refractivity contribution < 1.29 is 14.5 Å². The van der Waals surface area contributed by atoms with Crippen LogP contribution in [0, 0.1) is 6.92 Å². The maximum atomic E-state index is 12.4. The highest BCUT2D eigenvalue weighted by atomic mass is 16.2. The molecule has 0 saturated carbocycles. The van der Waals surface area contributed by atoms with Crippen LogP contribution < -0.4 is 10.2 Å². The summed E-state index contributed by atoms with van der Waals surface area (Å²) in [5, 5.41) is 2.72. The summed E-state index contributed by atoms with van der Waals surface area (Å²) in [5.41, 5.74) is 3.27. The molecule has 0 spiro atoms. The lowest BCUT2D eigenvalue weighted by atomic mass is 10.1. The first-order chi connectivity index (χ1) is 12.6. The fourth-order valence-corrected chi connectivity index (χ4v) is 3.29. The summed E-state index contributed by atoms with van der Waals surface area (Å²) in [6.07, 6.45) is 0. The van der Waals surface area contributed by atoms with Gasteiger partial charge in [0.05, 0.1) is 32.7 Å². The van der Waals surface area contributed by atoms with Gasteiger partial charge < -0.3 is 15.1 Å². The fraction of sp³-hybridized carbons (Fsp3) is 0.333. The van der Waals surface area contributed by atoms with Crippen molar-refractivity contribution in [2.24, 2.45) is 0 Å². The number of quaternary nitrogens is 1. The molecule has 2 amide bonds. The van der Waals surface area contributed by atoms with Gasteiger partial charge in [0.15, 0.2) is 0 Å². The van der Waals surface area contributed by atoms with Crippen molar-refractivity contribution in [1.29, 1.82) is 0 Å². The Morgan fingerprint density at radius 1 is 1.00 bits per heavy atom. The van der Waals surface area contributed by atoms with Gasteiger partial charge in [-0.1, -0.05) is 42.5 Å². The molecule has 3 rings (SSSR count). The first-order valence-corrected chi connectivity index (χ1v) is 9.12. The van der Waals surface area contributed by atoms with E-state index < -0.39 is 0 Å². The van der Waals surface area contributed by atoms with Crippen molar-refractivity contribution in [2.75, 3.05) is 32.7 Å². The lowest BCUT2D eigenvalue weighted by molar-refractivity contribution is -0.917. The molecule has 0 aromatic heterocycles. The van der Waals surface area contributed by atoms with E-state index in [1.165, 1.54) is 16.0 Å². The molecule has 1 aliphatic rings. The normalized spacial score (nSPS) is 14.9. The lowest BCUT2D eigenvalue weighted by Gasteiger charge is -2.32. The highest BCUT2D eigenvalue weighted by molar-refractivity contribution is 5.96. The molecule has 0 aliphatic carbocycles. The molecule has 1 heterocycles. The molecule has 2 aromatic rings. The second-order valence-corrected chi connectivity index (χ2v) is 6.78. The molecule has 2 aromatic carbocycles. The van der Waals surface area contributed by atoms with Gasteiger partial charge in [-0.25, -0.2) is 0 Å². The number of hydrogen-bond acceptors (Lipinski definition) is 2. The molecule has 136 valence electrons. The summed E-state index contributed by atoms with van der Waals surface area (Å²) >= 11 is 0. The van der Waals surface area contributed by atoms with Gasteiger partial charge >= 0.3 is 0 Å². The molecule has 5 heteroatoms. The fourth-order valence-electron chi connectivity index (χ4n) is 3.29. The number of piperazine rings is 1. The van der Waals surface area contributed by atoms with Crippen molar-refractivity contribution in [2.45, 2.75) is 13.5 Å². The van der Waals surface area contributed by atoms with Gasteiger partial charge in [0.1, 0.15) is 6.54 Å². The van der Waals surface area contributed by atoms with E-state index in [0.29, 0.717) is 5.56 Å². The van der Waals surface area contributed by atoms with E-state index >= 15 is 0 Å². The Balaban J connectivity index is 1.43. The number of nitrogens with one attached hydrogen (secondary N) is 2. The SMILES string of the molecule is Cc1ccccc1C[NH+]1CCN(C(=O)CNC(=O)c2ccccc2)CC1. The van der Waals surface area contributed by atoms with Gasteiger partial charge in [-0.05, 0) is 24.6 Å². The first-order valence-electron chi connectivity index (χ1n) is 9.12. The van der Waals surface area contributed by atoms with E-state index in [1.54, 1.807) is 12.1 Å². The zero-order chi connectivity index (χ0) is 18.4. The minimum absolute atomic E-state index is 0.00998. The molecule has 2 N–H and O–H groups in total. The van der Waals surface area contributed by atoms with Crippen LogP contribution in [0.3, 0.4) is 0 Å². The Bertz CT molecular complexity index is 753. The quantitative estimate of drug-likeness (QED) is 0.830. The Labute approximate surface area is 154 Å². The van der Waals surface area contributed by atoms with Crippen LogP contribution in [0.1, 0.15) is 21.5 Å². The molecule has 0 atom stereocenters. The number of carbonyl (C=O) groups excluding carboxylic acids is 2. The number of hydrogen-bond donors (Lipinski definition) is 2. The highest BCUT2D eigenvalue weighted by Crippen LogP contribution is 2.05. The maximum absolute atomic E-state index is 12.4. The summed E-state index contributed by atoms with van der Waals surface area (Å²) in [6, 6.07) is 17.4. The van der Waals surface area contributed by atoms with Crippen molar-refractivity contribution in [3.63, 3.8) is 0 Å².